The van der Waals surface area contributed by atoms with Crippen LogP contribution < -0.4 is 0 Å². The van der Waals surface area contributed by atoms with Crippen molar-refractivity contribution in [2.45, 2.75) is 71.3 Å². The number of allylic oxidation sites excluding steroid dienone is 1. The zero-order valence-corrected chi connectivity index (χ0v) is 13.4. The quantitative estimate of drug-likeness (QED) is 0.636. The van der Waals surface area contributed by atoms with Crippen LogP contribution >= 0.6 is 0 Å². The molecule has 0 amide bonds. The molecule has 3 rings (SSSR count). The lowest BCUT2D eigenvalue weighted by atomic mass is 9.83. The van der Waals surface area contributed by atoms with E-state index in [2.05, 4.69) is 13.8 Å². The minimum Gasteiger partial charge on any atom is -0.465 e. The van der Waals surface area contributed by atoms with E-state index in [9.17, 15) is 9.90 Å². The molecule has 21 heavy (non-hydrogen) atoms. The molecule has 2 fully saturated rings. The summed E-state index contributed by atoms with van der Waals surface area (Å²) in [6.45, 7) is 5.25. The van der Waals surface area contributed by atoms with E-state index in [0.717, 1.165) is 31.6 Å². The molecule has 3 unspecified atom stereocenters. The van der Waals surface area contributed by atoms with Crippen LogP contribution in [0.1, 0.15) is 65.2 Å². The average Bonchev–Trinajstić information content (AvgIpc) is 2.86. The maximum absolute atomic E-state index is 12.1. The van der Waals surface area contributed by atoms with Crippen LogP contribution in [0.15, 0.2) is 11.1 Å². The van der Waals surface area contributed by atoms with E-state index in [-0.39, 0.29) is 18.0 Å². The molecule has 2 saturated carbocycles. The van der Waals surface area contributed by atoms with Gasteiger partial charge in [0.25, 0.3) is 0 Å². The van der Waals surface area contributed by atoms with Crippen LogP contribution in [-0.4, -0.2) is 23.8 Å². The van der Waals surface area contributed by atoms with Gasteiger partial charge in [-0.1, -0.05) is 31.4 Å². The van der Waals surface area contributed by atoms with Gasteiger partial charge in [-0.2, -0.15) is 0 Å². The second-order valence-corrected chi connectivity index (χ2v) is 7.68. The van der Waals surface area contributed by atoms with E-state index in [0.29, 0.717) is 18.4 Å². The van der Waals surface area contributed by atoms with Gasteiger partial charge in [0, 0.05) is 6.42 Å². The highest BCUT2D eigenvalue weighted by Crippen LogP contribution is 2.57. The molecule has 0 aromatic carbocycles. The van der Waals surface area contributed by atoms with E-state index in [4.69, 9.17) is 4.74 Å². The molecule has 0 spiro atoms. The van der Waals surface area contributed by atoms with Gasteiger partial charge in [0.1, 0.15) is 0 Å². The molecule has 0 heterocycles. The van der Waals surface area contributed by atoms with Crippen molar-refractivity contribution in [2.24, 2.45) is 17.3 Å². The SMILES string of the molecule is CC1(C)C2=C(CCOC(=O)C3CCCC(O)C3)CC1CC2. The van der Waals surface area contributed by atoms with E-state index in [1.54, 1.807) is 11.1 Å². The second-order valence-electron chi connectivity index (χ2n) is 7.68. The van der Waals surface area contributed by atoms with Crippen LogP contribution in [0.4, 0.5) is 0 Å². The summed E-state index contributed by atoms with van der Waals surface area (Å²) >= 11 is 0. The van der Waals surface area contributed by atoms with Crippen LogP contribution in [0.2, 0.25) is 0 Å². The van der Waals surface area contributed by atoms with Crippen molar-refractivity contribution in [3.63, 3.8) is 0 Å². The number of hydrogen-bond donors (Lipinski definition) is 1. The fourth-order valence-corrected chi connectivity index (χ4v) is 4.68. The number of carbonyl (C=O) groups is 1. The minimum absolute atomic E-state index is 0.0807. The van der Waals surface area contributed by atoms with Gasteiger partial charge < -0.3 is 9.84 Å². The van der Waals surface area contributed by atoms with Crippen molar-refractivity contribution in [3.05, 3.63) is 11.1 Å². The van der Waals surface area contributed by atoms with Gasteiger partial charge in [0.05, 0.1) is 18.6 Å². The number of aliphatic hydroxyl groups is 1. The van der Waals surface area contributed by atoms with Gasteiger partial charge in [-0.05, 0) is 49.9 Å². The third kappa shape index (κ3) is 2.90. The molecular weight excluding hydrogens is 264 g/mol. The zero-order chi connectivity index (χ0) is 15.0. The third-order valence-electron chi connectivity index (χ3n) is 6.09. The number of aliphatic hydroxyl groups excluding tert-OH is 1. The number of ether oxygens (including phenoxy) is 1. The third-order valence-corrected chi connectivity index (χ3v) is 6.09. The highest BCUT2D eigenvalue weighted by atomic mass is 16.5. The fourth-order valence-electron chi connectivity index (χ4n) is 4.68. The van der Waals surface area contributed by atoms with Crippen LogP contribution in [-0.2, 0) is 9.53 Å². The molecule has 3 aliphatic rings. The molecule has 3 heteroatoms. The fraction of sp³-hybridized carbons (Fsp3) is 0.833. The number of esters is 1. The first-order valence-electron chi connectivity index (χ1n) is 8.54. The molecule has 0 radical (unpaired) electrons. The maximum atomic E-state index is 12.1. The van der Waals surface area contributed by atoms with E-state index in [1.807, 2.05) is 0 Å². The van der Waals surface area contributed by atoms with Gasteiger partial charge in [0.2, 0.25) is 0 Å². The second kappa shape index (κ2) is 5.75. The Morgan fingerprint density at radius 2 is 2.14 bits per heavy atom. The smallest absolute Gasteiger partial charge is 0.309 e. The van der Waals surface area contributed by atoms with Gasteiger partial charge in [-0.15, -0.1) is 0 Å². The molecule has 3 aliphatic carbocycles. The van der Waals surface area contributed by atoms with E-state index in [1.165, 1.54) is 19.3 Å². The summed E-state index contributed by atoms with van der Waals surface area (Å²) in [4.78, 5) is 12.1. The Kier molecular flexibility index (Phi) is 4.13. The normalized spacial score (nSPS) is 34.3. The molecular formula is C18H28O3. The first kappa shape index (κ1) is 15.1. The Balaban J connectivity index is 1.48. The van der Waals surface area contributed by atoms with Crippen LogP contribution in [0.3, 0.4) is 0 Å². The van der Waals surface area contributed by atoms with Crippen LogP contribution in [0.5, 0.6) is 0 Å². The number of carbonyl (C=O) groups excluding carboxylic acids is 1. The Bertz CT molecular complexity index is 449. The Hall–Kier alpha value is -0.830. The lowest BCUT2D eigenvalue weighted by Crippen LogP contribution is -2.27. The lowest BCUT2D eigenvalue weighted by Gasteiger charge is -2.24. The Labute approximate surface area is 127 Å². The van der Waals surface area contributed by atoms with Crippen LogP contribution in [0, 0.1) is 17.3 Å². The van der Waals surface area contributed by atoms with Gasteiger partial charge >= 0.3 is 5.97 Å². The first-order chi connectivity index (χ1) is 9.98. The largest absolute Gasteiger partial charge is 0.465 e. The minimum atomic E-state index is -0.312. The molecule has 0 aliphatic heterocycles. The predicted molar refractivity (Wildman–Crippen MR) is 81.7 cm³/mol. The molecule has 2 bridgehead atoms. The maximum Gasteiger partial charge on any atom is 0.309 e. The van der Waals surface area contributed by atoms with Crippen molar-refractivity contribution in [2.75, 3.05) is 6.61 Å². The van der Waals surface area contributed by atoms with Crippen molar-refractivity contribution in [3.8, 4) is 0 Å². The highest BCUT2D eigenvalue weighted by molar-refractivity contribution is 5.72. The van der Waals surface area contributed by atoms with Gasteiger partial charge in [0.15, 0.2) is 0 Å². The lowest BCUT2D eigenvalue weighted by molar-refractivity contribution is -0.150. The summed E-state index contributed by atoms with van der Waals surface area (Å²) in [5.74, 6) is 0.635. The van der Waals surface area contributed by atoms with Crippen LogP contribution in [0.25, 0.3) is 0 Å². The summed E-state index contributed by atoms with van der Waals surface area (Å²) in [7, 11) is 0. The highest BCUT2D eigenvalue weighted by Gasteiger charge is 2.45. The predicted octanol–water partition coefficient (Wildman–Crippen LogP) is 3.61. The zero-order valence-electron chi connectivity index (χ0n) is 13.4. The molecule has 3 nitrogen and oxygen atoms in total. The van der Waals surface area contributed by atoms with E-state index >= 15 is 0 Å². The van der Waals surface area contributed by atoms with Crippen molar-refractivity contribution in [1.82, 2.24) is 0 Å². The first-order valence-corrected chi connectivity index (χ1v) is 8.54. The Morgan fingerprint density at radius 3 is 2.76 bits per heavy atom. The summed E-state index contributed by atoms with van der Waals surface area (Å²) in [6, 6.07) is 0. The van der Waals surface area contributed by atoms with Gasteiger partial charge in [-0.25, -0.2) is 0 Å². The topological polar surface area (TPSA) is 46.5 Å². The summed E-state index contributed by atoms with van der Waals surface area (Å²) in [5.41, 5.74) is 3.57. The van der Waals surface area contributed by atoms with Crippen molar-refractivity contribution in [1.29, 1.82) is 0 Å². The Morgan fingerprint density at radius 1 is 1.33 bits per heavy atom. The standard InChI is InChI=1S/C18H28O3/c1-18(2)14-6-7-16(18)12(10-14)8-9-21-17(20)13-4-3-5-15(19)11-13/h13-15,19H,3-11H2,1-2H3. The molecule has 0 aromatic heterocycles. The monoisotopic (exact) mass is 292 g/mol. The number of rotatable bonds is 4. The summed E-state index contributed by atoms with van der Waals surface area (Å²) in [5, 5.41) is 9.64. The average molecular weight is 292 g/mol. The molecule has 3 atom stereocenters. The van der Waals surface area contributed by atoms with Crippen molar-refractivity contribution >= 4 is 5.97 Å². The summed E-state index contributed by atoms with van der Waals surface area (Å²) < 4.78 is 5.48. The number of fused-ring (bicyclic) bond motifs is 2. The molecule has 118 valence electrons. The van der Waals surface area contributed by atoms with Crippen molar-refractivity contribution < 1.29 is 14.6 Å². The van der Waals surface area contributed by atoms with E-state index < -0.39 is 0 Å². The molecule has 0 aromatic rings. The summed E-state index contributed by atoms with van der Waals surface area (Å²) in [6.07, 6.45) is 7.62. The van der Waals surface area contributed by atoms with Gasteiger partial charge in [-0.3, -0.25) is 4.79 Å². The molecule has 0 saturated heterocycles. The molecule has 1 N–H and O–H groups in total. The number of hydrogen-bond acceptors (Lipinski definition) is 3.